The molecule has 3 aliphatic carbocycles. The Kier molecular flexibility index (Phi) is 2.40. The number of alkyl halides is 1. The average Bonchev–Trinajstić information content (AvgIpc) is 2.90. The number of hydrogen-bond donors (Lipinski definition) is 0. The van der Waals surface area contributed by atoms with Crippen molar-refractivity contribution in [1.29, 1.82) is 0 Å². The van der Waals surface area contributed by atoms with Gasteiger partial charge in [0.2, 0.25) is 0 Å². The van der Waals surface area contributed by atoms with Gasteiger partial charge < -0.3 is 4.57 Å². The van der Waals surface area contributed by atoms with E-state index in [4.69, 9.17) is 16.6 Å². The summed E-state index contributed by atoms with van der Waals surface area (Å²) in [5.74, 6) is 5.26. The molecule has 2 aromatic rings. The molecule has 0 spiro atoms. The molecular weight excluding hydrogens is 284 g/mol. The van der Waals surface area contributed by atoms with Gasteiger partial charge in [0.05, 0.1) is 11.6 Å². The lowest BCUT2D eigenvalue weighted by atomic mass is 10.0. The molecule has 3 fully saturated rings. The van der Waals surface area contributed by atoms with E-state index in [1.54, 1.807) is 0 Å². The molecule has 4 nitrogen and oxygen atoms in total. The zero-order valence-corrected chi connectivity index (χ0v) is 13.3. The molecule has 21 heavy (non-hydrogen) atoms. The molecule has 0 aliphatic heterocycles. The minimum atomic E-state index is 0.503. The van der Waals surface area contributed by atoms with Crippen LogP contribution in [-0.2, 0) is 19.3 Å². The predicted octanol–water partition coefficient (Wildman–Crippen LogP) is 3.29. The molecule has 5 rings (SSSR count). The van der Waals surface area contributed by atoms with Gasteiger partial charge in [-0.1, -0.05) is 6.92 Å². The van der Waals surface area contributed by atoms with Gasteiger partial charge in [-0.3, -0.25) is 4.68 Å². The number of aryl methyl sites for hydroxylation is 2. The minimum Gasteiger partial charge on any atom is -0.308 e. The number of imidazole rings is 1. The van der Waals surface area contributed by atoms with Crippen molar-refractivity contribution in [3.05, 3.63) is 11.5 Å². The van der Waals surface area contributed by atoms with E-state index in [9.17, 15) is 0 Å². The molecule has 2 bridgehead atoms. The SMILES string of the molecule is CCc1nn(C)c2c1nc(CCl)n2C1C2C3CCC(C3)C21. The van der Waals surface area contributed by atoms with Gasteiger partial charge in [0.15, 0.2) is 5.65 Å². The van der Waals surface area contributed by atoms with Gasteiger partial charge in [0.25, 0.3) is 0 Å². The Morgan fingerprint density at radius 1 is 1.24 bits per heavy atom. The van der Waals surface area contributed by atoms with Crippen LogP contribution >= 0.6 is 11.6 Å². The Hall–Kier alpha value is -1.03. The maximum absolute atomic E-state index is 6.21. The summed E-state index contributed by atoms with van der Waals surface area (Å²) < 4.78 is 4.47. The second kappa shape index (κ2) is 4.03. The topological polar surface area (TPSA) is 35.6 Å². The van der Waals surface area contributed by atoms with Gasteiger partial charge in [0.1, 0.15) is 11.3 Å². The summed E-state index contributed by atoms with van der Waals surface area (Å²) in [6.07, 6.45) is 5.30. The first-order valence-electron chi connectivity index (χ1n) is 8.23. The fraction of sp³-hybridized carbons (Fsp3) is 0.750. The van der Waals surface area contributed by atoms with Gasteiger partial charge in [-0.15, -0.1) is 11.6 Å². The quantitative estimate of drug-likeness (QED) is 0.816. The molecule has 3 aliphatic rings. The molecule has 2 aromatic heterocycles. The van der Waals surface area contributed by atoms with Crippen LogP contribution < -0.4 is 0 Å². The highest BCUT2D eigenvalue weighted by Crippen LogP contribution is 2.72. The van der Waals surface area contributed by atoms with E-state index in [1.807, 2.05) is 11.7 Å². The summed E-state index contributed by atoms with van der Waals surface area (Å²) in [5.41, 5.74) is 3.38. The summed E-state index contributed by atoms with van der Waals surface area (Å²) in [4.78, 5) is 4.83. The predicted molar refractivity (Wildman–Crippen MR) is 82.3 cm³/mol. The number of hydrogen-bond acceptors (Lipinski definition) is 2. The second-order valence-electron chi connectivity index (χ2n) is 7.11. The largest absolute Gasteiger partial charge is 0.308 e. The van der Waals surface area contributed by atoms with Crippen LogP contribution in [0.25, 0.3) is 11.2 Å². The van der Waals surface area contributed by atoms with Crippen molar-refractivity contribution >= 4 is 22.8 Å². The molecule has 0 amide bonds. The van der Waals surface area contributed by atoms with E-state index in [-0.39, 0.29) is 0 Å². The van der Waals surface area contributed by atoms with Crippen molar-refractivity contribution in [3.63, 3.8) is 0 Å². The molecule has 112 valence electrons. The first kappa shape index (κ1) is 12.5. The molecule has 3 saturated carbocycles. The van der Waals surface area contributed by atoms with Gasteiger partial charge in [-0.05, 0) is 49.4 Å². The highest BCUT2D eigenvalue weighted by molar-refractivity contribution is 6.16. The molecular formula is C16H21ClN4. The van der Waals surface area contributed by atoms with Crippen LogP contribution in [0.1, 0.15) is 43.7 Å². The van der Waals surface area contributed by atoms with Crippen molar-refractivity contribution in [3.8, 4) is 0 Å². The molecule has 0 aromatic carbocycles. The van der Waals surface area contributed by atoms with Crippen LogP contribution in [0.2, 0.25) is 0 Å². The average molecular weight is 305 g/mol. The number of fused-ring (bicyclic) bond motifs is 6. The lowest BCUT2D eigenvalue weighted by molar-refractivity contribution is 0.450. The Labute approximate surface area is 129 Å². The molecule has 4 unspecified atom stereocenters. The fourth-order valence-corrected chi connectivity index (χ4v) is 5.71. The van der Waals surface area contributed by atoms with E-state index in [1.165, 1.54) is 24.9 Å². The van der Waals surface area contributed by atoms with E-state index in [0.717, 1.165) is 47.1 Å². The second-order valence-corrected chi connectivity index (χ2v) is 7.37. The standard InChI is InChI=1S/C16H21ClN4/c1-3-10-14-16(20(2)19-10)21(11(7-17)18-14)15-12-8-4-5-9(6-8)13(12)15/h8-9,12-13,15H,3-7H2,1-2H3. The van der Waals surface area contributed by atoms with E-state index in [2.05, 4.69) is 16.6 Å². The van der Waals surface area contributed by atoms with Crippen LogP contribution in [0, 0.1) is 23.7 Å². The van der Waals surface area contributed by atoms with Crippen molar-refractivity contribution in [2.24, 2.45) is 30.7 Å². The zero-order valence-electron chi connectivity index (χ0n) is 12.6. The Morgan fingerprint density at radius 2 is 1.95 bits per heavy atom. The van der Waals surface area contributed by atoms with Crippen molar-refractivity contribution < 1.29 is 0 Å². The zero-order chi connectivity index (χ0) is 14.3. The molecule has 0 saturated heterocycles. The maximum atomic E-state index is 6.21. The third kappa shape index (κ3) is 1.42. The summed E-state index contributed by atoms with van der Waals surface area (Å²) in [6, 6.07) is 0.648. The summed E-state index contributed by atoms with van der Waals surface area (Å²) in [7, 11) is 2.05. The highest BCUT2D eigenvalue weighted by Gasteiger charge is 2.66. The molecule has 0 N–H and O–H groups in total. The third-order valence-electron chi connectivity index (χ3n) is 6.26. The molecule has 0 radical (unpaired) electrons. The lowest BCUT2D eigenvalue weighted by Gasteiger charge is -2.13. The van der Waals surface area contributed by atoms with Crippen LogP contribution in [0.5, 0.6) is 0 Å². The van der Waals surface area contributed by atoms with Crippen LogP contribution in [-0.4, -0.2) is 19.3 Å². The lowest BCUT2D eigenvalue weighted by Crippen LogP contribution is -2.10. The summed E-state index contributed by atoms with van der Waals surface area (Å²) >= 11 is 6.21. The fourth-order valence-electron chi connectivity index (χ4n) is 5.52. The molecule has 5 heteroatoms. The van der Waals surface area contributed by atoms with Crippen LogP contribution in [0.4, 0.5) is 0 Å². The minimum absolute atomic E-state index is 0.503. The third-order valence-corrected chi connectivity index (χ3v) is 6.50. The normalized spacial score (nSPS) is 36.6. The van der Waals surface area contributed by atoms with Gasteiger partial charge >= 0.3 is 0 Å². The summed E-state index contributed by atoms with van der Waals surface area (Å²) in [6.45, 7) is 2.15. The first-order chi connectivity index (χ1) is 10.2. The van der Waals surface area contributed by atoms with E-state index >= 15 is 0 Å². The van der Waals surface area contributed by atoms with Gasteiger partial charge in [-0.25, -0.2) is 4.98 Å². The monoisotopic (exact) mass is 304 g/mol. The number of halogens is 1. The molecule has 2 heterocycles. The van der Waals surface area contributed by atoms with E-state index < -0.39 is 0 Å². The first-order valence-corrected chi connectivity index (χ1v) is 8.76. The van der Waals surface area contributed by atoms with Crippen LogP contribution in [0.3, 0.4) is 0 Å². The van der Waals surface area contributed by atoms with Gasteiger partial charge in [-0.2, -0.15) is 5.10 Å². The highest BCUT2D eigenvalue weighted by atomic mass is 35.5. The number of nitrogens with zero attached hydrogens (tertiary/aromatic N) is 4. The Bertz CT molecular complexity index is 714. The summed E-state index contributed by atoms with van der Waals surface area (Å²) in [5, 5.41) is 4.65. The van der Waals surface area contributed by atoms with Crippen LogP contribution in [0.15, 0.2) is 0 Å². The van der Waals surface area contributed by atoms with Crippen molar-refractivity contribution in [2.45, 2.75) is 44.5 Å². The number of aromatic nitrogens is 4. The van der Waals surface area contributed by atoms with Crippen molar-refractivity contribution in [2.75, 3.05) is 0 Å². The molecule has 4 atom stereocenters. The smallest absolute Gasteiger partial charge is 0.158 e. The van der Waals surface area contributed by atoms with Crippen molar-refractivity contribution in [1.82, 2.24) is 19.3 Å². The van der Waals surface area contributed by atoms with Gasteiger partial charge in [0, 0.05) is 13.1 Å². The Morgan fingerprint density at radius 3 is 2.57 bits per heavy atom. The van der Waals surface area contributed by atoms with E-state index in [0.29, 0.717) is 11.9 Å². The number of rotatable bonds is 3. The Balaban J connectivity index is 1.68. The maximum Gasteiger partial charge on any atom is 0.158 e.